The van der Waals surface area contributed by atoms with Gasteiger partial charge in [0.05, 0.1) is 7.14 Å². The Morgan fingerprint density at radius 1 is 1.18 bits per heavy atom. The third-order valence-electron chi connectivity index (χ3n) is 3.97. The van der Waals surface area contributed by atoms with Gasteiger partial charge in [-0.05, 0) is 19.5 Å². The molecule has 0 aromatic rings. The minimum atomic E-state index is -1.85. The summed E-state index contributed by atoms with van der Waals surface area (Å²) in [6, 6.07) is 0.492. The molecule has 0 atom stereocenters. The number of carboxylic acid groups (broad SMARTS) is 1. The zero-order valence-corrected chi connectivity index (χ0v) is 11.2. The molecule has 2 saturated heterocycles. The van der Waals surface area contributed by atoms with Crippen LogP contribution in [0.15, 0.2) is 0 Å². The first-order chi connectivity index (χ1) is 7.98. The van der Waals surface area contributed by atoms with Crippen LogP contribution in [0.1, 0.15) is 12.8 Å². The van der Waals surface area contributed by atoms with Crippen LogP contribution in [0, 0.1) is 0 Å². The lowest BCUT2D eigenvalue weighted by Crippen LogP contribution is -2.49. The lowest BCUT2D eigenvalue weighted by molar-refractivity contribution is 0.0987. The second-order valence-corrected chi connectivity index (χ2v) is 8.77. The van der Waals surface area contributed by atoms with Gasteiger partial charge in [0, 0.05) is 44.5 Å². The first-order valence-corrected chi connectivity index (χ1v) is 8.78. The summed E-state index contributed by atoms with van der Waals surface area (Å²) in [5, 5.41) is 8.88. The first-order valence-electron chi connectivity index (χ1n) is 6.25. The summed E-state index contributed by atoms with van der Waals surface area (Å²) in [4.78, 5) is 14.7. The van der Waals surface area contributed by atoms with E-state index in [0.29, 0.717) is 19.1 Å². The molecule has 2 aliphatic rings. The molecule has 0 aliphatic carbocycles. The molecule has 6 heteroatoms. The van der Waals surface area contributed by atoms with Crippen LogP contribution in [0.3, 0.4) is 0 Å². The van der Waals surface area contributed by atoms with Gasteiger partial charge in [0.1, 0.15) is 0 Å². The summed E-state index contributed by atoms with van der Waals surface area (Å²) in [6.07, 6.45) is 2.68. The van der Waals surface area contributed by atoms with Gasteiger partial charge in [-0.25, -0.2) is 4.79 Å². The first kappa shape index (κ1) is 12.9. The highest BCUT2D eigenvalue weighted by Gasteiger charge is 2.31. The van der Waals surface area contributed by atoms with Crippen molar-refractivity contribution in [3.63, 3.8) is 0 Å². The number of carbonyl (C=O) groups is 1. The maximum atomic E-state index is 11.9. The number of piperidine rings is 1. The van der Waals surface area contributed by atoms with Crippen LogP contribution in [-0.2, 0) is 4.57 Å². The summed E-state index contributed by atoms with van der Waals surface area (Å²) in [5.74, 6) is 0. The van der Waals surface area contributed by atoms with E-state index in [0.717, 1.165) is 38.3 Å². The summed E-state index contributed by atoms with van der Waals surface area (Å²) < 4.78 is 11.9. The number of nitrogens with zero attached hydrogens (tertiary/aromatic N) is 2. The molecule has 5 nitrogen and oxygen atoms in total. The van der Waals surface area contributed by atoms with Crippen molar-refractivity contribution >= 4 is 13.2 Å². The second kappa shape index (κ2) is 4.99. The minimum Gasteiger partial charge on any atom is -0.465 e. The van der Waals surface area contributed by atoms with Crippen LogP contribution in [0.2, 0.25) is 0 Å². The van der Waals surface area contributed by atoms with E-state index in [4.69, 9.17) is 5.11 Å². The molecule has 2 aliphatic heterocycles. The van der Waals surface area contributed by atoms with Crippen molar-refractivity contribution in [1.29, 1.82) is 0 Å². The van der Waals surface area contributed by atoms with Crippen molar-refractivity contribution in [3.05, 3.63) is 0 Å². The molecule has 0 spiro atoms. The topological polar surface area (TPSA) is 60.9 Å². The Kier molecular flexibility index (Phi) is 3.79. The van der Waals surface area contributed by atoms with E-state index in [-0.39, 0.29) is 0 Å². The third-order valence-corrected chi connectivity index (χ3v) is 6.26. The molecule has 1 N–H and O–H groups in total. The molecule has 2 heterocycles. The lowest BCUT2D eigenvalue weighted by atomic mass is 10.0. The van der Waals surface area contributed by atoms with E-state index in [1.54, 1.807) is 0 Å². The fraction of sp³-hybridized carbons (Fsp3) is 0.909. The van der Waals surface area contributed by atoms with Gasteiger partial charge in [0.25, 0.3) is 0 Å². The molecular weight excluding hydrogens is 239 g/mol. The van der Waals surface area contributed by atoms with Crippen molar-refractivity contribution in [2.24, 2.45) is 0 Å². The van der Waals surface area contributed by atoms with Gasteiger partial charge in [-0.15, -0.1) is 0 Å². The summed E-state index contributed by atoms with van der Waals surface area (Å²) in [5.41, 5.74) is 0. The summed E-state index contributed by atoms with van der Waals surface area (Å²) >= 11 is 0. The van der Waals surface area contributed by atoms with Crippen molar-refractivity contribution in [2.75, 3.05) is 45.2 Å². The van der Waals surface area contributed by atoms with E-state index in [2.05, 4.69) is 4.90 Å². The van der Waals surface area contributed by atoms with Gasteiger partial charge < -0.3 is 14.6 Å². The van der Waals surface area contributed by atoms with Gasteiger partial charge >= 0.3 is 6.09 Å². The largest absolute Gasteiger partial charge is 0.465 e. The van der Waals surface area contributed by atoms with Crippen LogP contribution in [-0.4, -0.2) is 72.2 Å². The van der Waals surface area contributed by atoms with Gasteiger partial charge in [0.2, 0.25) is 0 Å². The molecule has 2 fully saturated rings. The Morgan fingerprint density at radius 3 is 2.18 bits per heavy atom. The molecular formula is C11H21N2O3P. The van der Waals surface area contributed by atoms with Gasteiger partial charge in [-0.3, -0.25) is 4.90 Å². The number of rotatable bonds is 1. The van der Waals surface area contributed by atoms with Gasteiger partial charge in [-0.2, -0.15) is 0 Å². The highest BCUT2D eigenvalue weighted by atomic mass is 31.2. The second-order valence-electron chi connectivity index (χ2n) is 5.28. The predicted octanol–water partition coefficient (Wildman–Crippen LogP) is 1.44. The summed E-state index contributed by atoms with van der Waals surface area (Å²) in [7, 11) is -1.85. The molecule has 0 aromatic carbocycles. The Morgan fingerprint density at radius 2 is 1.71 bits per heavy atom. The highest BCUT2D eigenvalue weighted by Crippen LogP contribution is 2.43. The molecule has 0 radical (unpaired) electrons. The Bertz CT molecular complexity index is 328. The van der Waals surface area contributed by atoms with Crippen molar-refractivity contribution in [2.45, 2.75) is 18.9 Å². The molecule has 2 rings (SSSR count). The molecule has 17 heavy (non-hydrogen) atoms. The molecule has 1 amide bonds. The lowest BCUT2D eigenvalue weighted by Gasteiger charge is -2.40. The third kappa shape index (κ3) is 3.23. The van der Waals surface area contributed by atoms with Crippen molar-refractivity contribution < 1.29 is 14.5 Å². The summed E-state index contributed by atoms with van der Waals surface area (Å²) in [6.45, 7) is 5.02. The van der Waals surface area contributed by atoms with E-state index in [9.17, 15) is 9.36 Å². The highest BCUT2D eigenvalue weighted by molar-refractivity contribution is 7.63. The number of hydrogen-bond acceptors (Lipinski definition) is 3. The van der Waals surface area contributed by atoms with Gasteiger partial charge in [-0.1, -0.05) is 0 Å². The predicted molar refractivity (Wildman–Crippen MR) is 67.5 cm³/mol. The number of amides is 1. The number of hydrogen-bond donors (Lipinski definition) is 1. The average molecular weight is 260 g/mol. The SMILES string of the molecule is CP1(=O)CCN(C2CCN(C(=O)O)CC2)CC1. The van der Waals surface area contributed by atoms with Crippen LogP contribution < -0.4 is 0 Å². The maximum absolute atomic E-state index is 11.9. The quantitative estimate of drug-likeness (QED) is 0.725. The van der Waals surface area contributed by atoms with Crippen LogP contribution >= 0.6 is 7.14 Å². The Balaban J connectivity index is 1.82. The maximum Gasteiger partial charge on any atom is 0.407 e. The molecule has 98 valence electrons. The van der Waals surface area contributed by atoms with Crippen LogP contribution in [0.25, 0.3) is 0 Å². The molecule has 0 bridgehead atoms. The zero-order valence-electron chi connectivity index (χ0n) is 10.3. The van der Waals surface area contributed by atoms with E-state index < -0.39 is 13.2 Å². The number of likely N-dealkylation sites (tertiary alicyclic amines) is 1. The normalized spacial score (nSPS) is 27.0. The standard InChI is InChI=1S/C11H21N2O3P/c1-17(16)8-6-12(7-9-17)10-2-4-13(5-3-10)11(14)15/h10H,2-9H2,1H3,(H,14,15). The van der Waals surface area contributed by atoms with Gasteiger partial charge in [0.15, 0.2) is 0 Å². The molecule has 0 aromatic heterocycles. The van der Waals surface area contributed by atoms with Crippen molar-refractivity contribution in [1.82, 2.24) is 9.80 Å². The van der Waals surface area contributed by atoms with Crippen LogP contribution in [0.4, 0.5) is 4.79 Å². The minimum absolute atomic E-state index is 0.492. The fourth-order valence-electron chi connectivity index (χ4n) is 2.69. The van der Waals surface area contributed by atoms with Crippen LogP contribution in [0.5, 0.6) is 0 Å². The molecule has 0 saturated carbocycles. The Labute approximate surface area is 102 Å². The average Bonchev–Trinajstić information content (AvgIpc) is 2.29. The fourth-order valence-corrected chi connectivity index (χ4v) is 4.27. The monoisotopic (exact) mass is 260 g/mol. The Hall–Kier alpha value is -0.540. The smallest absolute Gasteiger partial charge is 0.407 e. The van der Waals surface area contributed by atoms with E-state index >= 15 is 0 Å². The van der Waals surface area contributed by atoms with E-state index in [1.807, 2.05) is 6.66 Å². The van der Waals surface area contributed by atoms with Crippen molar-refractivity contribution in [3.8, 4) is 0 Å². The zero-order chi connectivity index (χ0) is 12.5. The molecule has 0 unspecified atom stereocenters. The van der Waals surface area contributed by atoms with E-state index in [1.165, 1.54) is 4.90 Å².